The van der Waals surface area contributed by atoms with Gasteiger partial charge in [-0.15, -0.1) is 0 Å². The second-order valence-electron chi connectivity index (χ2n) is 3.88. The Balaban J connectivity index is 3.10. The van der Waals surface area contributed by atoms with Gasteiger partial charge in [0.2, 0.25) is 0 Å². The van der Waals surface area contributed by atoms with Gasteiger partial charge in [-0.1, -0.05) is 0 Å². The predicted molar refractivity (Wildman–Crippen MR) is 54.4 cm³/mol. The van der Waals surface area contributed by atoms with Gasteiger partial charge >= 0.3 is 0 Å². The molecule has 0 aliphatic rings. The van der Waals surface area contributed by atoms with Gasteiger partial charge in [0, 0.05) is 12.1 Å². The van der Waals surface area contributed by atoms with Crippen LogP contribution in [0.5, 0.6) is 0 Å². The summed E-state index contributed by atoms with van der Waals surface area (Å²) in [6.45, 7) is 1.68. The molecule has 0 saturated heterocycles. The van der Waals surface area contributed by atoms with Gasteiger partial charge in [0.25, 0.3) is 0 Å². The highest BCUT2D eigenvalue weighted by Crippen LogP contribution is 2.20. The van der Waals surface area contributed by atoms with E-state index in [-0.39, 0.29) is 17.7 Å². The Kier molecular flexibility index (Phi) is 3.77. The second kappa shape index (κ2) is 4.68. The van der Waals surface area contributed by atoms with Crippen molar-refractivity contribution in [3.8, 4) is 0 Å². The Hall–Kier alpha value is -1.00. The smallest absolute Gasteiger partial charge is 0.131 e. The fourth-order valence-corrected chi connectivity index (χ4v) is 1.33. The molecule has 1 atom stereocenters. The number of hydrogen-bond donors (Lipinski definition) is 1. The van der Waals surface area contributed by atoms with Crippen LogP contribution in [0.25, 0.3) is 0 Å². The number of hydrogen-bond acceptors (Lipinski definition) is 2. The van der Waals surface area contributed by atoms with E-state index in [2.05, 4.69) is 0 Å². The molecule has 1 unspecified atom stereocenters. The largest absolute Gasteiger partial charge is 0.389 e. The lowest BCUT2D eigenvalue weighted by Gasteiger charge is -2.13. The molecule has 1 aromatic rings. The third-order valence-corrected chi connectivity index (χ3v) is 2.12. The van der Waals surface area contributed by atoms with Crippen LogP contribution in [-0.2, 0) is 6.54 Å². The molecule has 0 radical (unpaired) electrons. The van der Waals surface area contributed by atoms with Crippen LogP contribution in [0.2, 0.25) is 0 Å². The Morgan fingerprint density at radius 2 is 1.73 bits per heavy atom. The lowest BCUT2D eigenvalue weighted by atomic mass is 10.1. The third kappa shape index (κ3) is 2.97. The molecular formula is C11H15F2NO. The summed E-state index contributed by atoms with van der Waals surface area (Å²) in [6, 6.07) is 2.35. The van der Waals surface area contributed by atoms with E-state index in [9.17, 15) is 13.9 Å². The normalized spacial score (nSPS) is 13.3. The van der Waals surface area contributed by atoms with Crippen molar-refractivity contribution < 1.29 is 13.9 Å². The van der Waals surface area contributed by atoms with Crippen molar-refractivity contribution >= 4 is 0 Å². The van der Waals surface area contributed by atoms with Gasteiger partial charge in [-0.05, 0) is 38.7 Å². The minimum atomic E-state index is -0.859. The van der Waals surface area contributed by atoms with Gasteiger partial charge in [0.05, 0.1) is 6.10 Å². The van der Waals surface area contributed by atoms with Crippen LogP contribution >= 0.6 is 0 Å². The van der Waals surface area contributed by atoms with E-state index in [1.807, 2.05) is 0 Å². The van der Waals surface area contributed by atoms with E-state index >= 15 is 0 Å². The fourth-order valence-electron chi connectivity index (χ4n) is 1.33. The number of benzene rings is 1. The quantitative estimate of drug-likeness (QED) is 0.834. The fraction of sp³-hybridized carbons (Fsp3) is 0.455. The van der Waals surface area contributed by atoms with Crippen LogP contribution < -0.4 is 0 Å². The summed E-state index contributed by atoms with van der Waals surface area (Å²) < 4.78 is 26.9. The molecule has 1 N–H and O–H groups in total. The molecule has 4 heteroatoms. The van der Waals surface area contributed by atoms with Gasteiger partial charge in [0.15, 0.2) is 0 Å². The molecule has 0 aliphatic heterocycles. The first kappa shape index (κ1) is 12.1. The average molecular weight is 215 g/mol. The second-order valence-corrected chi connectivity index (χ2v) is 3.88. The molecule has 0 fully saturated rings. The number of halogens is 2. The van der Waals surface area contributed by atoms with Crippen LogP contribution in [0.15, 0.2) is 12.1 Å². The molecular weight excluding hydrogens is 200 g/mol. The van der Waals surface area contributed by atoms with Crippen LogP contribution in [0.1, 0.15) is 24.2 Å². The monoisotopic (exact) mass is 215 g/mol. The molecule has 0 spiro atoms. The maximum absolute atomic E-state index is 13.5. The number of aliphatic hydroxyl groups is 1. The van der Waals surface area contributed by atoms with Gasteiger partial charge in [-0.2, -0.15) is 0 Å². The Bertz CT molecular complexity index is 327. The topological polar surface area (TPSA) is 23.5 Å². The molecule has 0 aliphatic carbocycles. The van der Waals surface area contributed by atoms with Crippen molar-refractivity contribution in [2.45, 2.75) is 19.6 Å². The van der Waals surface area contributed by atoms with Crippen LogP contribution in [0.4, 0.5) is 8.78 Å². The molecule has 15 heavy (non-hydrogen) atoms. The van der Waals surface area contributed by atoms with Gasteiger partial charge in [-0.3, -0.25) is 0 Å². The van der Waals surface area contributed by atoms with E-state index in [1.54, 1.807) is 19.0 Å². The number of nitrogens with zero attached hydrogens (tertiary/aromatic N) is 1. The molecule has 0 amide bonds. The minimum absolute atomic E-state index is 0.0319. The molecule has 1 aromatic carbocycles. The zero-order chi connectivity index (χ0) is 11.6. The van der Waals surface area contributed by atoms with Crippen LogP contribution in [-0.4, -0.2) is 24.1 Å². The highest BCUT2D eigenvalue weighted by atomic mass is 19.1. The van der Waals surface area contributed by atoms with Gasteiger partial charge < -0.3 is 10.0 Å². The van der Waals surface area contributed by atoms with Crippen molar-refractivity contribution in [3.63, 3.8) is 0 Å². The number of aliphatic hydroxyl groups excluding tert-OH is 1. The first-order valence-electron chi connectivity index (χ1n) is 4.72. The van der Waals surface area contributed by atoms with Gasteiger partial charge in [0.1, 0.15) is 11.6 Å². The Labute approximate surface area is 88.1 Å². The van der Waals surface area contributed by atoms with E-state index < -0.39 is 17.7 Å². The summed E-state index contributed by atoms with van der Waals surface area (Å²) in [7, 11) is 3.48. The summed E-state index contributed by atoms with van der Waals surface area (Å²) in [6.07, 6.45) is -0.859. The van der Waals surface area contributed by atoms with Crippen molar-refractivity contribution in [2.75, 3.05) is 14.1 Å². The summed E-state index contributed by atoms with van der Waals surface area (Å²) in [5.74, 6) is -1.22. The first-order valence-corrected chi connectivity index (χ1v) is 4.72. The predicted octanol–water partition coefficient (Wildman–Crippen LogP) is 2.08. The average Bonchev–Trinajstić information content (AvgIpc) is 2.10. The SMILES string of the molecule is CC(O)c1cc(F)c(CN(C)C)c(F)c1. The summed E-state index contributed by atoms with van der Waals surface area (Å²) >= 11 is 0. The Morgan fingerprint density at radius 1 is 1.27 bits per heavy atom. The zero-order valence-corrected chi connectivity index (χ0v) is 9.09. The third-order valence-electron chi connectivity index (χ3n) is 2.12. The van der Waals surface area contributed by atoms with E-state index in [1.165, 1.54) is 19.1 Å². The highest BCUT2D eigenvalue weighted by Gasteiger charge is 2.13. The van der Waals surface area contributed by atoms with Crippen molar-refractivity contribution in [3.05, 3.63) is 34.9 Å². The van der Waals surface area contributed by atoms with Gasteiger partial charge in [-0.25, -0.2) is 8.78 Å². The minimum Gasteiger partial charge on any atom is -0.389 e. The lowest BCUT2D eigenvalue weighted by molar-refractivity contribution is 0.198. The zero-order valence-electron chi connectivity index (χ0n) is 9.09. The Morgan fingerprint density at radius 3 is 2.07 bits per heavy atom. The summed E-state index contributed by atoms with van der Waals surface area (Å²) in [5.41, 5.74) is 0.289. The standard InChI is InChI=1S/C11H15F2NO/c1-7(15)8-4-10(12)9(6-14(2)3)11(13)5-8/h4-5,7,15H,6H2,1-3H3. The molecule has 84 valence electrons. The summed E-state index contributed by atoms with van der Waals surface area (Å²) in [4.78, 5) is 1.68. The molecule has 0 bridgehead atoms. The van der Waals surface area contributed by atoms with E-state index in [0.717, 1.165) is 0 Å². The molecule has 0 saturated carbocycles. The maximum Gasteiger partial charge on any atom is 0.131 e. The molecule has 0 heterocycles. The maximum atomic E-state index is 13.5. The summed E-state index contributed by atoms with van der Waals surface area (Å²) in [5, 5.41) is 9.20. The van der Waals surface area contributed by atoms with E-state index in [0.29, 0.717) is 0 Å². The molecule has 1 rings (SSSR count). The van der Waals surface area contributed by atoms with Crippen LogP contribution in [0.3, 0.4) is 0 Å². The van der Waals surface area contributed by atoms with Crippen molar-refractivity contribution in [1.29, 1.82) is 0 Å². The molecule has 0 aromatic heterocycles. The van der Waals surface area contributed by atoms with Crippen LogP contribution in [0, 0.1) is 11.6 Å². The number of rotatable bonds is 3. The van der Waals surface area contributed by atoms with E-state index in [4.69, 9.17) is 0 Å². The molecule has 2 nitrogen and oxygen atoms in total. The van der Waals surface area contributed by atoms with Crippen molar-refractivity contribution in [2.24, 2.45) is 0 Å². The van der Waals surface area contributed by atoms with Crippen molar-refractivity contribution in [1.82, 2.24) is 4.90 Å². The lowest BCUT2D eigenvalue weighted by Crippen LogP contribution is -2.14. The highest BCUT2D eigenvalue weighted by molar-refractivity contribution is 5.27. The first-order chi connectivity index (χ1) is 6.91.